The first-order chi connectivity index (χ1) is 10.0. The van der Waals surface area contributed by atoms with Gasteiger partial charge in [-0.2, -0.15) is 0 Å². The van der Waals surface area contributed by atoms with Crippen molar-refractivity contribution in [2.45, 2.75) is 19.9 Å². The number of aromatic hydroxyl groups is 1. The topological polar surface area (TPSA) is 104 Å². The van der Waals surface area contributed by atoms with Gasteiger partial charge in [0.2, 0.25) is 5.88 Å². The molecule has 0 aliphatic rings. The number of aromatic amines is 1. The van der Waals surface area contributed by atoms with Crippen molar-refractivity contribution in [3.05, 3.63) is 56.7 Å². The quantitative estimate of drug-likeness (QED) is 0.778. The van der Waals surface area contributed by atoms with Crippen LogP contribution in [0.2, 0.25) is 0 Å². The first-order valence-electron chi connectivity index (χ1n) is 6.47. The molecular weight excluding hydrogens is 274 g/mol. The molecule has 7 nitrogen and oxygen atoms in total. The molecule has 0 radical (unpaired) electrons. The van der Waals surface area contributed by atoms with Crippen LogP contribution in [0.15, 0.2) is 39.9 Å². The van der Waals surface area contributed by atoms with Gasteiger partial charge in [-0.3, -0.25) is 19.1 Å². The molecule has 1 amide bonds. The van der Waals surface area contributed by atoms with E-state index >= 15 is 0 Å². The maximum Gasteiger partial charge on any atom is 0.331 e. The van der Waals surface area contributed by atoms with E-state index in [0.29, 0.717) is 12.1 Å². The number of hydrogen-bond acceptors (Lipinski definition) is 4. The molecule has 1 heterocycles. The summed E-state index contributed by atoms with van der Waals surface area (Å²) in [4.78, 5) is 37.5. The fraction of sp³-hybridized carbons (Fsp3) is 0.214. The summed E-state index contributed by atoms with van der Waals surface area (Å²) in [5.41, 5.74) is -1.66. The monoisotopic (exact) mass is 289 g/mol. The van der Waals surface area contributed by atoms with Gasteiger partial charge in [-0.1, -0.05) is 25.1 Å². The Labute approximate surface area is 119 Å². The number of H-pyrrole nitrogens is 1. The molecular formula is C14H15N3O4. The third-order valence-corrected chi connectivity index (χ3v) is 2.88. The zero-order valence-electron chi connectivity index (χ0n) is 11.4. The molecule has 0 saturated carbocycles. The van der Waals surface area contributed by atoms with E-state index < -0.39 is 28.6 Å². The third-order valence-electron chi connectivity index (χ3n) is 2.88. The maximum absolute atomic E-state index is 12.1. The summed E-state index contributed by atoms with van der Waals surface area (Å²) in [6.45, 7) is 2.01. The highest BCUT2D eigenvalue weighted by molar-refractivity contribution is 6.05. The summed E-state index contributed by atoms with van der Waals surface area (Å²) >= 11 is 0. The van der Waals surface area contributed by atoms with Crippen LogP contribution in [0.3, 0.4) is 0 Å². The summed E-state index contributed by atoms with van der Waals surface area (Å²) in [6.07, 6.45) is 0.569. The number of nitrogens with one attached hydrogen (secondary N) is 2. The van der Waals surface area contributed by atoms with Crippen molar-refractivity contribution in [3.8, 4) is 5.88 Å². The minimum atomic E-state index is -0.918. The Bertz CT molecular complexity index is 762. The molecule has 2 rings (SSSR count). The Kier molecular flexibility index (Phi) is 4.22. The Balaban J connectivity index is 2.44. The molecule has 3 N–H and O–H groups in total. The molecule has 0 saturated heterocycles. The van der Waals surface area contributed by atoms with Gasteiger partial charge < -0.3 is 10.4 Å². The summed E-state index contributed by atoms with van der Waals surface area (Å²) in [7, 11) is 0. The van der Waals surface area contributed by atoms with Crippen LogP contribution in [-0.4, -0.2) is 20.6 Å². The van der Waals surface area contributed by atoms with Crippen molar-refractivity contribution in [3.63, 3.8) is 0 Å². The predicted octanol–water partition coefficient (Wildman–Crippen LogP) is 0.904. The van der Waals surface area contributed by atoms with E-state index in [0.717, 1.165) is 4.57 Å². The highest BCUT2D eigenvalue weighted by Gasteiger charge is 2.20. The Morgan fingerprint density at radius 2 is 1.95 bits per heavy atom. The number of benzene rings is 1. The smallest absolute Gasteiger partial charge is 0.331 e. The lowest BCUT2D eigenvalue weighted by Gasteiger charge is -2.10. The lowest BCUT2D eigenvalue weighted by atomic mass is 10.2. The molecule has 1 aromatic carbocycles. The summed E-state index contributed by atoms with van der Waals surface area (Å²) in [5.74, 6) is -1.40. The molecule has 0 fully saturated rings. The molecule has 2 aromatic rings. The normalized spacial score (nSPS) is 10.3. The van der Waals surface area contributed by atoms with Gasteiger partial charge >= 0.3 is 5.69 Å². The van der Waals surface area contributed by atoms with E-state index in [1.54, 1.807) is 37.3 Å². The standard InChI is InChI=1S/C14H15N3O4/c1-2-8-17-13(20)10(12(19)16-14(17)21)11(18)15-9-6-4-3-5-7-9/h3-7,20H,2,8H2,1H3,(H,15,18)(H,16,19,21). The zero-order chi connectivity index (χ0) is 15.4. The van der Waals surface area contributed by atoms with E-state index in [-0.39, 0.29) is 6.54 Å². The lowest BCUT2D eigenvalue weighted by molar-refractivity contribution is 0.102. The summed E-state index contributed by atoms with van der Waals surface area (Å²) < 4.78 is 0.960. The van der Waals surface area contributed by atoms with E-state index in [1.165, 1.54) is 0 Å². The third kappa shape index (κ3) is 3.02. The number of rotatable bonds is 4. The fourth-order valence-electron chi connectivity index (χ4n) is 1.91. The summed E-state index contributed by atoms with van der Waals surface area (Å²) in [5, 5.41) is 12.5. The van der Waals surface area contributed by atoms with Crippen molar-refractivity contribution in [1.82, 2.24) is 9.55 Å². The molecule has 0 aliphatic heterocycles. The van der Waals surface area contributed by atoms with Crippen molar-refractivity contribution >= 4 is 11.6 Å². The molecule has 21 heavy (non-hydrogen) atoms. The number of hydrogen-bond donors (Lipinski definition) is 3. The van der Waals surface area contributed by atoms with Gasteiger partial charge in [0.25, 0.3) is 11.5 Å². The number of anilines is 1. The van der Waals surface area contributed by atoms with Crippen molar-refractivity contribution in [2.75, 3.05) is 5.32 Å². The van der Waals surface area contributed by atoms with Gasteiger partial charge in [0, 0.05) is 12.2 Å². The average molecular weight is 289 g/mol. The van der Waals surface area contributed by atoms with E-state index in [9.17, 15) is 19.5 Å². The largest absolute Gasteiger partial charge is 0.494 e. The van der Waals surface area contributed by atoms with Crippen molar-refractivity contribution in [2.24, 2.45) is 0 Å². The molecule has 1 aromatic heterocycles. The predicted molar refractivity (Wildman–Crippen MR) is 77.7 cm³/mol. The first kappa shape index (κ1) is 14.6. The second-order valence-electron chi connectivity index (χ2n) is 4.43. The van der Waals surface area contributed by atoms with Crippen LogP contribution in [0, 0.1) is 0 Å². The second kappa shape index (κ2) is 6.08. The van der Waals surface area contributed by atoms with Gasteiger partial charge in [-0.25, -0.2) is 4.79 Å². The SMILES string of the molecule is CCCn1c(O)c(C(=O)Nc2ccccc2)c(=O)[nH]c1=O. The number of carbonyl (C=O) groups is 1. The number of carbonyl (C=O) groups excluding carboxylic acids is 1. The van der Waals surface area contributed by atoms with E-state index in [4.69, 9.17) is 0 Å². The first-order valence-corrected chi connectivity index (χ1v) is 6.47. The molecule has 7 heteroatoms. The van der Waals surface area contributed by atoms with Gasteiger partial charge in [0.1, 0.15) is 0 Å². The highest BCUT2D eigenvalue weighted by Crippen LogP contribution is 2.13. The fourth-order valence-corrected chi connectivity index (χ4v) is 1.91. The molecule has 0 spiro atoms. The zero-order valence-corrected chi connectivity index (χ0v) is 11.4. The molecule has 110 valence electrons. The van der Waals surface area contributed by atoms with Crippen molar-refractivity contribution < 1.29 is 9.90 Å². The summed E-state index contributed by atoms with van der Waals surface area (Å²) in [6, 6.07) is 8.51. The minimum absolute atomic E-state index is 0.201. The molecule has 0 unspecified atom stereocenters. The number of para-hydroxylation sites is 1. The molecule has 0 atom stereocenters. The number of aromatic nitrogens is 2. The van der Waals surface area contributed by atoms with Crippen LogP contribution in [-0.2, 0) is 6.54 Å². The van der Waals surface area contributed by atoms with Crippen molar-refractivity contribution in [1.29, 1.82) is 0 Å². The lowest BCUT2D eigenvalue weighted by Crippen LogP contribution is -2.35. The van der Waals surface area contributed by atoms with E-state index in [2.05, 4.69) is 5.32 Å². The Morgan fingerprint density at radius 1 is 1.29 bits per heavy atom. The molecule has 0 bridgehead atoms. The van der Waals surface area contributed by atoms with Gasteiger partial charge in [-0.05, 0) is 18.6 Å². The van der Waals surface area contributed by atoms with Gasteiger partial charge in [0.15, 0.2) is 5.56 Å². The second-order valence-corrected chi connectivity index (χ2v) is 4.43. The van der Waals surface area contributed by atoms with Crippen LogP contribution in [0.4, 0.5) is 5.69 Å². The number of nitrogens with zero attached hydrogens (tertiary/aromatic N) is 1. The maximum atomic E-state index is 12.1. The molecule has 0 aliphatic carbocycles. The van der Waals surface area contributed by atoms with Gasteiger partial charge in [0.05, 0.1) is 0 Å². The van der Waals surface area contributed by atoms with E-state index in [1.807, 2.05) is 4.98 Å². The van der Waals surface area contributed by atoms with Crippen LogP contribution in [0.25, 0.3) is 0 Å². The van der Waals surface area contributed by atoms with Crippen LogP contribution in [0.5, 0.6) is 5.88 Å². The average Bonchev–Trinajstić information content (AvgIpc) is 2.44. The minimum Gasteiger partial charge on any atom is -0.494 e. The Hall–Kier alpha value is -2.83. The Morgan fingerprint density at radius 3 is 2.57 bits per heavy atom. The van der Waals surface area contributed by atoms with Crippen LogP contribution < -0.4 is 16.6 Å². The number of amides is 1. The van der Waals surface area contributed by atoms with Crippen LogP contribution in [0.1, 0.15) is 23.7 Å². The van der Waals surface area contributed by atoms with Crippen LogP contribution >= 0.6 is 0 Å². The highest BCUT2D eigenvalue weighted by atomic mass is 16.3. The van der Waals surface area contributed by atoms with Gasteiger partial charge in [-0.15, -0.1) is 0 Å².